The number of halogens is 1. The molecule has 0 aliphatic carbocycles. The number of carbonyl (C=O) groups is 2. The smallest absolute Gasteiger partial charge is 0.395 e. The van der Waals surface area contributed by atoms with Crippen molar-refractivity contribution in [2.45, 2.75) is 38.1 Å². The van der Waals surface area contributed by atoms with Crippen molar-refractivity contribution >= 4 is 30.1 Å². The third-order valence-corrected chi connectivity index (χ3v) is 5.51. The van der Waals surface area contributed by atoms with Gasteiger partial charge in [0.2, 0.25) is 5.91 Å². The lowest BCUT2D eigenvalue weighted by Crippen LogP contribution is -2.50. The van der Waals surface area contributed by atoms with Crippen molar-refractivity contribution in [3.05, 3.63) is 28.0 Å². The van der Waals surface area contributed by atoms with Gasteiger partial charge in [0, 0.05) is 19.6 Å². The van der Waals surface area contributed by atoms with Gasteiger partial charge in [0.05, 0.1) is 6.07 Å². The van der Waals surface area contributed by atoms with Gasteiger partial charge >= 0.3 is 5.88 Å². The highest BCUT2D eigenvalue weighted by atomic mass is 35.5. The van der Waals surface area contributed by atoms with Crippen LogP contribution in [0.5, 0.6) is 0 Å². The minimum Gasteiger partial charge on any atom is -0.395 e. The number of likely N-dealkylation sites (tertiary alicyclic amines) is 2. The number of carbonyl (C=O) groups excluding carboxylic acids is 2. The van der Waals surface area contributed by atoms with Gasteiger partial charge in [-0.1, -0.05) is 0 Å². The lowest BCUT2D eigenvalue weighted by molar-refractivity contribution is -0.402. The van der Waals surface area contributed by atoms with E-state index in [0.717, 1.165) is 51.4 Å². The Morgan fingerprint density at radius 3 is 2.57 bits per heavy atom. The van der Waals surface area contributed by atoms with Crippen molar-refractivity contribution in [2.75, 3.05) is 33.2 Å². The van der Waals surface area contributed by atoms with E-state index in [9.17, 15) is 19.7 Å². The Morgan fingerprint density at radius 2 is 1.96 bits per heavy atom. The van der Waals surface area contributed by atoms with Crippen LogP contribution in [0.1, 0.15) is 42.7 Å². The zero-order chi connectivity index (χ0) is 19.4. The van der Waals surface area contributed by atoms with Gasteiger partial charge in [-0.25, -0.2) is 0 Å². The van der Waals surface area contributed by atoms with E-state index in [0.29, 0.717) is 18.9 Å². The van der Waals surface area contributed by atoms with Crippen LogP contribution in [-0.2, 0) is 4.79 Å². The summed E-state index contributed by atoms with van der Waals surface area (Å²) in [6, 6.07) is 1.96. The minimum absolute atomic E-state index is 0. The molecule has 3 heterocycles. The van der Waals surface area contributed by atoms with E-state index in [1.165, 1.54) is 11.0 Å². The predicted molar refractivity (Wildman–Crippen MR) is 105 cm³/mol. The van der Waals surface area contributed by atoms with Gasteiger partial charge in [-0.3, -0.25) is 19.7 Å². The summed E-state index contributed by atoms with van der Waals surface area (Å²) in [5, 5.41) is 13.9. The molecular formula is C18H27ClN4O5. The molecule has 2 saturated heterocycles. The standard InChI is InChI=1S/C18H26N4O5.ClH/c1-19-9-6-13-7-11-20(12-8-13)17(23)14-3-2-10-21(14)18(24)15-4-5-16(27-15)22(25)26;/h4-5,13-14,19H,2-3,6-12H2,1H3;1H. The Hall–Kier alpha value is -2.13. The summed E-state index contributed by atoms with van der Waals surface area (Å²) in [6.07, 6.45) is 4.44. The Labute approximate surface area is 170 Å². The first kappa shape index (κ1) is 22.2. The lowest BCUT2D eigenvalue weighted by atomic mass is 9.93. The van der Waals surface area contributed by atoms with Crippen molar-refractivity contribution in [3.8, 4) is 0 Å². The minimum atomic E-state index is -0.679. The van der Waals surface area contributed by atoms with E-state index in [2.05, 4.69) is 5.32 Å². The molecule has 2 amide bonds. The number of hydrogen-bond donors (Lipinski definition) is 1. The number of piperidine rings is 1. The maximum Gasteiger partial charge on any atom is 0.433 e. The fourth-order valence-electron chi connectivity index (χ4n) is 3.95. The zero-order valence-electron chi connectivity index (χ0n) is 16.0. The molecule has 1 aromatic heterocycles. The molecule has 0 radical (unpaired) electrons. The Bertz CT molecular complexity index is 702. The van der Waals surface area contributed by atoms with Crippen molar-refractivity contribution in [2.24, 2.45) is 5.92 Å². The lowest BCUT2D eigenvalue weighted by Gasteiger charge is -2.35. The Kier molecular flexibility index (Phi) is 7.82. The maximum absolute atomic E-state index is 13.0. The monoisotopic (exact) mass is 414 g/mol. The summed E-state index contributed by atoms with van der Waals surface area (Å²) in [7, 11) is 1.94. The van der Waals surface area contributed by atoms with E-state index >= 15 is 0 Å². The van der Waals surface area contributed by atoms with Crippen LogP contribution in [0.2, 0.25) is 0 Å². The van der Waals surface area contributed by atoms with Crippen LogP contribution in [0.3, 0.4) is 0 Å². The van der Waals surface area contributed by atoms with Gasteiger partial charge in [0.15, 0.2) is 5.76 Å². The molecule has 1 unspecified atom stereocenters. The molecule has 0 saturated carbocycles. The van der Waals surface area contributed by atoms with Crippen LogP contribution in [0, 0.1) is 16.0 Å². The zero-order valence-corrected chi connectivity index (χ0v) is 16.8. The number of nitrogens with zero attached hydrogens (tertiary/aromatic N) is 3. The number of nitrogens with one attached hydrogen (secondary N) is 1. The van der Waals surface area contributed by atoms with E-state index < -0.39 is 22.8 Å². The first-order valence-electron chi connectivity index (χ1n) is 9.50. The number of furan rings is 1. The molecule has 9 nitrogen and oxygen atoms in total. The van der Waals surface area contributed by atoms with Gasteiger partial charge in [0.25, 0.3) is 5.91 Å². The number of nitro groups is 1. The molecule has 2 aliphatic heterocycles. The van der Waals surface area contributed by atoms with Crippen LogP contribution in [-0.4, -0.2) is 65.8 Å². The van der Waals surface area contributed by atoms with Gasteiger partial charge in [-0.05, 0) is 57.7 Å². The van der Waals surface area contributed by atoms with Crippen molar-refractivity contribution in [3.63, 3.8) is 0 Å². The molecule has 0 spiro atoms. The number of rotatable bonds is 6. The molecule has 156 valence electrons. The molecule has 2 aliphatic rings. The highest BCUT2D eigenvalue weighted by molar-refractivity contribution is 5.96. The summed E-state index contributed by atoms with van der Waals surface area (Å²) < 4.78 is 5.02. The molecule has 3 rings (SSSR count). The predicted octanol–water partition coefficient (Wildman–Crippen LogP) is 2.06. The summed E-state index contributed by atoms with van der Waals surface area (Å²) in [5.41, 5.74) is 0. The highest BCUT2D eigenvalue weighted by Crippen LogP contribution is 2.27. The molecule has 28 heavy (non-hydrogen) atoms. The van der Waals surface area contributed by atoms with Crippen molar-refractivity contribution in [1.29, 1.82) is 0 Å². The summed E-state index contributed by atoms with van der Waals surface area (Å²) in [4.78, 5) is 39.1. The molecule has 2 fully saturated rings. The fraction of sp³-hybridized carbons (Fsp3) is 0.667. The summed E-state index contributed by atoms with van der Waals surface area (Å²) in [6.45, 7) is 2.89. The van der Waals surface area contributed by atoms with E-state index in [4.69, 9.17) is 4.42 Å². The topological polar surface area (TPSA) is 109 Å². The van der Waals surface area contributed by atoms with Crippen LogP contribution < -0.4 is 5.32 Å². The third kappa shape index (κ3) is 4.82. The summed E-state index contributed by atoms with van der Waals surface area (Å²) in [5.74, 6) is -0.403. The SMILES string of the molecule is CNCCC1CCN(C(=O)C2CCCN2C(=O)c2ccc([N+](=O)[O-])o2)CC1.Cl. The molecule has 1 N–H and O–H groups in total. The fourth-order valence-corrected chi connectivity index (χ4v) is 3.95. The van der Waals surface area contributed by atoms with E-state index in [-0.39, 0.29) is 24.1 Å². The second-order valence-electron chi connectivity index (χ2n) is 7.21. The van der Waals surface area contributed by atoms with E-state index in [1.54, 1.807) is 0 Å². The van der Waals surface area contributed by atoms with Gasteiger partial charge in [-0.2, -0.15) is 0 Å². The normalized spacial score (nSPS) is 20.1. The Balaban J connectivity index is 0.00000280. The molecule has 0 bridgehead atoms. The first-order valence-corrected chi connectivity index (χ1v) is 9.50. The van der Waals surface area contributed by atoms with Gasteiger partial charge < -0.3 is 19.5 Å². The first-order chi connectivity index (χ1) is 13.0. The average molecular weight is 415 g/mol. The second-order valence-corrected chi connectivity index (χ2v) is 7.21. The summed E-state index contributed by atoms with van der Waals surface area (Å²) >= 11 is 0. The third-order valence-electron chi connectivity index (χ3n) is 5.51. The number of amides is 2. The molecule has 1 aromatic rings. The molecule has 0 aromatic carbocycles. The maximum atomic E-state index is 13.0. The van der Waals surface area contributed by atoms with Crippen molar-refractivity contribution < 1.29 is 18.9 Å². The highest BCUT2D eigenvalue weighted by Gasteiger charge is 2.39. The average Bonchev–Trinajstić information content (AvgIpc) is 3.35. The second kappa shape index (κ2) is 9.88. The molecular weight excluding hydrogens is 388 g/mol. The van der Waals surface area contributed by atoms with Crippen LogP contribution in [0.15, 0.2) is 16.5 Å². The largest absolute Gasteiger partial charge is 0.433 e. The number of hydrogen-bond acceptors (Lipinski definition) is 6. The quantitative estimate of drug-likeness (QED) is 0.563. The van der Waals surface area contributed by atoms with Crippen molar-refractivity contribution in [1.82, 2.24) is 15.1 Å². The molecule has 10 heteroatoms. The van der Waals surface area contributed by atoms with E-state index in [1.807, 2.05) is 11.9 Å². The van der Waals surface area contributed by atoms with Crippen LogP contribution in [0.4, 0.5) is 5.88 Å². The van der Waals surface area contributed by atoms with Crippen LogP contribution >= 0.6 is 12.4 Å². The van der Waals surface area contributed by atoms with Gasteiger partial charge in [-0.15, -0.1) is 12.4 Å². The Morgan fingerprint density at radius 1 is 1.25 bits per heavy atom. The van der Waals surface area contributed by atoms with Crippen LogP contribution in [0.25, 0.3) is 0 Å². The van der Waals surface area contributed by atoms with Gasteiger partial charge in [0.1, 0.15) is 11.0 Å². The molecule has 1 atom stereocenters.